The standard InChI is InChI=1S/C11H18F2N4O2/c1-11(2,3)10-14-8(15-16-10)9(19)17(4-5-18)6-7(12)13/h7,18H,4-6H2,1-3H3,(H,14,15,16). The molecule has 0 bridgehead atoms. The average Bonchev–Trinajstić information content (AvgIpc) is 2.75. The van der Waals surface area contributed by atoms with E-state index in [2.05, 4.69) is 15.2 Å². The molecule has 1 aromatic rings. The molecule has 2 N–H and O–H groups in total. The van der Waals surface area contributed by atoms with Crippen LogP contribution in [0.5, 0.6) is 0 Å². The summed E-state index contributed by atoms with van der Waals surface area (Å²) >= 11 is 0. The van der Waals surface area contributed by atoms with E-state index in [4.69, 9.17) is 5.11 Å². The molecule has 0 spiro atoms. The zero-order chi connectivity index (χ0) is 14.6. The highest BCUT2D eigenvalue weighted by atomic mass is 19.3. The Morgan fingerprint density at radius 3 is 2.53 bits per heavy atom. The van der Waals surface area contributed by atoms with E-state index >= 15 is 0 Å². The van der Waals surface area contributed by atoms with Crippen molar-refractivity contribution in [2.75, 3.05) is 19.7 Å². The zero-order valence-electron chi connectivity index (χ0n) is 11.2. The van der Waals surface area contributed by atoms with Crippen LogP contribution in [0.4, 0.5) is 8.78 Å². The van der Waals surface area contributed by atoms with Crippen LogP contribution < -0.4 is 0 Å². The van der Waals surface area contributed by atoms with Gasteiger partial charge in [-0.25, -0.2) is 13.8 Å². The van der Waals surface area contributed by atoms with Gasteiger partial charge < -0.3 is 10.0 Å². The average molecular weight is 276 g/mol. The highest BCUT2D eigenvalue weighted by Gasteiger charge is 2.25. The Labute approximate surface area is 109 Å². The molecular formula is C11H18F2N4O2. The fourth-order valence-corrected chi connectivity index (χ4v) is 1.40. The van der Waals surface area contributed by atoms with Gasteiger partial charge in [0.25, 0.3) is 12.3 Å². The number of aromatic nitrogens is 3. The number of carbonyl (C=O) groups is 1. The van der Waals surface area contributed by atoms with Gasteiger partial charge in [-0.3, -0.25) is 9.89 Å². The van der Waals surface area contributed by atoms with Crippen molar-refractivity contribution >= 4 is 5.91 Å². The Kier molecular flexibility index (Phi) is 4.93. The second kappa shape index (κ2) is 6.05. The minimum absolute atomic E-state index is 0.168. The largest absolute Gasteiger partial charge is 0.395 e. The molecule has 0 aliphatic carbocycles. The van der Waals surface area contributed by atoms with Crippen LogP contribution in [-0.2, 0) is 5.41 Å². The van der Waals surface area contributed by atoms with E-state index in [1.807, 2.05) is 20.8 Å². The van der Waals surface area contributed by atoms with Crippen LogP contribution in [0, 0.1) is 0 Å². The van der Waals surface area contributed by atoms with Gasteiger partial charge in [0.05, 0.1) is 13.2 Å². The topological polar surface area (TPSA) is 82.1 Å². The molecule has 0 saturated carbocycles. The van der Waals surface area contributed by atoms with E-state index in [1.165, 1.54) is 0 Å². The molecule has 1 heterocycles. The highest BCUT2D eigenvalue weighted by Crippen LogP contribution is 2.17. The second-order valence-electron chi connectivity index (χ2n) is 5.12. The Morgan fingerprint density at radius 2 is 2.11 bits per heavy atom. The van der Waals surface area contributed by atoms with E-state index < -0.39 is 25.5 Å². The van der Waals surface area contributed by atoms with Crippen molar-refractivity contribution < 1.29 is 18.7 Å². The number of nitrogens with one attached hydrogen (secondary N) is 1. The van der Waals surface area contributed by atoms with Crippen molar-refractivity contribution in [2.24, 2.45) is 0 Å². The third-order valence-corrected chi connectivity index (χ3v) is 2.40. The Balaban J connectivity index is 2.87. The van der Waals surface area contributed by atoms with Crippen molar-refractivity contribution in [3.63, 3.8) is 0 Å². The molecule has 0 fully saturated rings. The molecule has 0 aliphatic rings. The summed E-state index contributed by atoms with van der Waals surface area (Å²) in [5.41, 5.74) is -0.323. The van der Waals surface area contributed by atoms with Gasteiger partial charge in [0.15, 0.2) is 0 Å². The first kappa shape index (κ1) is 15.5. The molecule has 0 radical (unpaired) electrons. The van der Waals surface area contributed by atoms with Gasteiger partial charge in [-0.05, 0) is 0 Å². The van der Waals surface area contributed by atoms with Crippen LogP contribution in [-0.4, -0.2) is 57.2 Å². The Bertz CT molecular complexity index is 429. The van der Waals surface area contributed by atoms with E-state index in [9.17, 15) is 13.6 Å². The van der Waals surface area contributed by atoms with Gasteiger partial charge in [-0.1, -0.05) is 20.8 Å². The van der Waals surface area contributed by atoms with Crippen molar-refractivity contribution in [1.82, 2.24) is 20.1 Å². The number of hydrogen-bond acceptors (Lipinski definition) is 4. The van der Waals surface area contributed by atoms with E-state index in [0.29, 0.717) is 5.82 Å². The first-order chi connectivity index (χ1) is 8.75. The van der Waals surface area contributed by atoms with E-state index in [1.54, 1.807) is 0 Å². The number of halogens is 2. The van der Waals surface area contributed by atoms with E-state index in [-0.39, 0.29) is 17.8 Å². The van der Waals surface area contributed by atoms with Crippen molar-refractivity contribution in [3.8, 4) is 0 Å². The third-order valence-electron chi connectivity index (χ3n) is 2.40. The van der Waals surface area contributed by atoms with Gasteiger partial charge in [-0.2, -0.15) is 0 Å². The summed E-state index contributed by atoms with van der Waals surface area (Å²) in [7, 11) is 0. The monoisotopic (exact) mass is 276 g/mol. The molecular weight excluding hydrogens is 258 g/mol. The Hall–Kier alpha value is -1.57. The molecule has 108 valence electrons. The van der Waals surface area contributed by atoms with Gasteiger partial charge in [0.2, 0.25) is 5.82 Å². The molecule has 0 aromatic carbocycles. The SMILES string of the molecule is CC(C)(C)c1nc(C(=O)N(CCO)CC(F)F)n[nH]1. The maximum absolute atomic E-state index is 12.4. The molecule has 1 rings (SSSR count). The predicted molar refractivity (Wildman–Crippen MR) is 64.1 cm³/mol. The maximum atomic E-state index is 12.4. The molecule has 0 atom stereocenters. The summed E-state index contributed by atoms with van der Waals surface area (Å²) in [6.07, 6.45) is -2.67. The quantitative estimate of drug-likeness (QED) is 0.833. The zero-order valence-corrected chi connectivity index (χ0v) is 11.2. The lowest BCUT2D eigenvalue weighted by Gasteiger charge is -2.19. The van der Waals surface area contributed by atoms with Gasteiger partial charge in [0, 0.05) is 12.0 Å². The summed E-state index contributed by atoms with van der Waals surface area (Å²) in [5, 5.41) is 15.1. The van der Waals surface area contributed by atoms with Gasteiger partial charge in [-0.15, -0.1) is 5.10 Å². The van der Waals surface area contributed by atoms with Crippen molar-refractivity contribution in [1.29, 1.82) is 0 Å². The van der Waals surface area contributed by atoms with Crippen molar-refractivity contribution in [2.45, 2.75) is 32.6 Å². The second-order valence-corrected chi connectivity index (χ2v) is 5.12. The molecule has 0 saturated heterocycles. The molecule has 0 unspecified atom stereocenters. The van der Waals surface area contributed by atoms with Crippen molar-refractivity contribution in [3.05, 3.63) is 11.6 Å². The van der Waals surface area contributed by atoms with Crippen LogP contribution in [0.25, 0.3) is 0 Å². The molecule has 1 amide bonds. The molecule has 19 heavy (non-hydrogen) atoms. The number of alkyl halides is 2. The molecule has 6 nitrogen and oxygen atoms in total. The predicted octanol–water partition coefficient (Wildman–Crippen LogP) is 0.802. The molecule has 1 aromatic heterocycles. The fourth-order valence-electron chi connectivity index (χ4n) is 1.40. The first-order valence-corrected chi connectivity index (χ1v) is 5.87. The van der Waals surface area contributed by atoms with Crippen LogP contribution >= 0.6 is 0 Å². The number of carbonyl (C=O) groups excluding carboxylic acids is 1. The number of nitrogens with zero attached hydrogens (tertiary/aromatic N) is 3. The van der Waals surface area contributed by atoms with Gasteiger partial charge in [0.1, 0.15) is 5.82 Å². The number of aliphatic hydroxyl groups is 1. The lowest BCUT2D eigenvalue weighted by Crippen LogP contribution is -2.37. The van der Waals surface area contributed by atoms with Crippen LogP contribution in [0.1, 0.15) is 37.2 Å². The maximum Gasteiger partial charge on any atom is 0.293 e. The number of rotatable bonds is 5. The number of hydrogen-bond donors (Lipinski definition) is 2. The Morgan fingerprint density at radius 1 is 1.47 bits per heavy atom. The van der Waals surface area contributed by atoms with Crippen LogP contribution in [0.3, 0.4) is 0 Å². The lowest BCUT2D eigenvalue weighted by molar-refractivity contribution is 0.0499. The molecule has 8 heteroatoms. The van der Waals surface area contributed by atoms with Crippen LogP contribution in [0.15, 0.2) is 0 Å². The van der Waals surface area contributed by atoms with Gasteiger partial charge >= 0.3 is 0 Å². The number of H-pyrrole nitrogens is 1. The number of aromatic amines is 1. The smallest absolute Gasteiger partial charge is 0.293 e. The summed E-state index contributed by atoms with van der Waals surface area (Å²) in [6.45, 7) is 4.32. The summed E-state index contributed by atoms with van der Waals surface area (Å²) < 4.78 is 24.7. The minimum Gasteiger partial charge on any atom is -0.395 e. The first-order valence-electron chi connectivity index (χ1n) is 5.87. The van der Waals surface area contributed by atoms with Crippen LogP contribution in [0.2, 0.25) is 0 Å². The summed E-state index contributed by atoms with van der Waals surface area (Å²) in [5.74, 6) is -0.392. The normalized spacial score (nSPS) is 11.9. The lowest BCUT2D eigenvalue weighted by atomic mass is 9.96. The number of amides is 1. The number of aliphatic hydroxyl groups excluding tert-OH is 1. The highest BCUT2D eigenvalue weighted by molar-refractivity contribution is 5.90. The minimum atomic E-state index is -2.67. The van der Waals surface area contributed by atoms with E-state index in [0.717, 1.165) is 4.90 Å². The summed E-state index contributed by atoms with van der Waals surface area (Å²) in [4.78, 5) is 16.8. The third kappa shape index (κ3) is 4.23. The summed E-state index contributed by atoms with van der Waals surface area (Å²) in [6, 6.07) is 0. The fraction of sp³-hybridized carbons (Fsp3) is 0.727. The molecule has 0 aliphatic heterocycles.